The van der Waals surface area contributed by atoms with Gasteiger partial charge in [-0.15, -0.1) is 0 Å². The van der Waals surface area contributed by atoms with E-state index >= 15 is 0 Å². The van der Waals surface area contributed by atoms with Crippen molar-refractivity contribution < 1.29 is 0 Å². The predicted molar refractivity (Wildman–Crippen MR) is 57.2 cm³/mol. The molecule has 0 amide bonds. The van der Waals surface area contributed by atoms with E-state index in [1.54, 1.807) is 0 Å². The summed E-state index contributed by atoms with van der Waals surface area (Å²) in [5, 5.41) is 1.20. The molecule has 0 saturated heterocycles. The van der Waals surface area contributed by atoms with E-state index in [2.05, 4.69) is 26.0 Å². The molecule has 1 unspecified atom stereocenters. The van der Waals surface area contributed by atoms with Gasteiger partial charge in [-0.25, -0.2) is 0 Å². The number of benzene rings is 1. The molecule has 11 heavy (non-hydrogen) atoms. The standard InChI is InChI=1S/C8H9PS2/c1-6-4-3-5-7(2)8(6)9(10)11/h3-5H,1-2H3. The van der Waals surface area contributed by atoms with Gasteiger partial charge in [-0.2, -0.15) is 0 Å². The minimum absolute atomic E-state index is 0.771. The predicted octanol–water partition coefficient (Wildman–Crippen LogP) is 2.33. The van der Waals surface area contributed by atoms with Crippen molar-refractivity contribution in [1.29, 1.82) is 0 Å². The first kappa shape index (κ1) is 9.18. The molecule has 0 aliphatic heterocycles. The van der Waals surface area contributed by atoms with Crippen LogP contribution in [0.1, 0.15) is 11.1 Å². The number of hydrogen-bond donors (Lipinski definition) is 0. The van der Waals surface area contributed by atoms with Gasteiger partial charge in [0.25, 0.3) is 0 Å². The van der Waals surface area contributed by atoms with Gasteiger partial charge in [-0.05, 0) is 25.0 Å². The summed E-state index contributed by atoms with van der Waals surface area (Å²) < 4.78 is 0. The summed E-state index contributed by atoms with van der Waals surface area (Å²) >= 11 is 10.2. The third-order valence-corrected chi connectivity index (χ3v) is 3.79. The SMILES string of the molecule is Cc1cccc(C)c1[P+](=S)[S-]. The van der Waals surface area contributed by atoms with Crippen LogP contribution in [0.25, 0.3) is 0 Å². The molecule has 1 rings (SSSR count). The van der Waals surface area contributed by atoms with E-state index in [4.69, 9.17) is 24.1 Å². The maximum absolute atomic E-state index is 5.10. The average molecular weight is 200 g/mol. The Balaban J connectivity index is 3.32. The maximum Gasteiger partial charge on any atom is 0.145 e. The molecule has 0 bridgehead atoms. The van der Waals surface area contributed by atoms with E-state index in [0.717, 1.165) is 0 Å². The van der Waals surface area contributed by atoms with Gasteiger partial charge in [0.05, 0.1) is 5.90 Å². The highest BCUT2D eigenvalue weighted by Gasteiger charge is 2.07. The molecule has 0 nitrogen and oxygen atoms in total. The van der Waals surface area contributed by atoms with Crippen molar-refractivity contribution >= 4 is 35.3 Å². The summed E-state index contributed by atoms with van der Waals surface area (Å²) in [5.74, 6) is -0.771. The molecular weight excluding hydrogens is 191 g/mol. The Kier molecular flexibility index (Phi) is 3.06. The lowest BCUT2D eigenvalue weighted by atomic mass is 10.2. The van der Waals surface area contributed by atoms with Crippen LogP contribution in [0.2, 0.25) is 0 Å². The zero-order chi connectivity index (χ0) is 8.43. The summed E-state index contributed by atoms with van der Waals surface area (Å²) in [4.78, 5) is 0. The second-order valence-corrected chi connectivity index (χ2v) is 6.34. The topological polar surface area (TPSA) is 0 Å². The van der Waals surface area contributed by atoms with E-state index in [1.165, 1.54) is 16.4 Å². The summed E-state index contributed by atoms with van der Waals surface area (Å²) in [7, 11) is 0. The molecule has 0 aromatic heterocycles. The van der Waals surface area contributed by atoms with Crippen LogP contribution >= 0.6 is 5.90 Å². The van der Waals surface area contributed by atoms with E-state index in [0.29, 0.717) is 0 Å². The van der Waals surface area contributed by atoms with Crippen LogP contribution < -0.4 is 5.30 Å². The van der Waals surface area contributed by atoms with E-state index in [9.17, 15) is 0 Å². The van der Waals surface area contributed by atoms with Crippen molar-refractivity contribution in [3.63, 3.8) is 0 Å². The van der Waals surface area contributed by atoms with Crippen LogP contribution in [-0.2, 0) is 24.1 Å². The molecule has 0 saturated carbocycles. The second-order valence-electron chi connectivity index (χ2n) is 2.50. The van der Waals surface area contributed by atoms with Gasteiger partial charge in [0.15, 0.2) is 0 Å². The zero-order valence-corrected chi connectivity index (χ0v) is 9.02. The highest BCUT2D eigenvalue weighted by Crippen LogP contribution is 2.20. The number of aryl methyl sites for hydroxylation is 2. The normalized spacial score (nSPS) is 11.4. The Bertz CT molecular complexity index is 274. The van der Waals surface area contributed by atoms with Gasteiger partial charge in [-0.1, -0.05) is 18.2 Å². The van der Waals surface area contributed by atoms with E-state index in [-0.39, 0.29) is 0 Å². The van der Waals surface area contributed by atoms with Gasteiger partial charge in [0, 0.05) is 0 Å². The molecule has 1 aromatic rings. The largest absolute Gasteiger partial charge is 0.472 e. The van der Waals surface area contributed by atoms with Crippen molar-refractivity contribution in [2.45, 2.75) is 13.8 Å². The fourth-order valence-corrected chi connectivity index (χ4v) is 3.55. The average Bonchev–Trinajstić information content (AvgIpc) is 1.85. The van der Waals surface area contributed by atoms with Crippen LogP contribution in [0.5, 0.6) is 0 Å². The lowest BCUT2D eigenvalue weighted by Gasteiger charge is -2.02. The molecule has 0 fully saturated rings. The molecule has 0 N–H and O–H groups in total. The summed E-state index contributed by atoms with van der Waals surface area (Å²) in [6.45, 7) is 4.13. The Labute approximate surface area is 78.6 Å². The molecule has 0 spiro atoms. The van der Waals surface area contributed by atoms with Crippen LogP contribution in [0.3, 0.4) is 0 Å². The molecule has 0 heterocycles. The lowest BCUT2D eigenvalue weighted by Crippen LogP contribution is -2.04. The third-order valence-electron chi connectivity index (χ3n) is 1.62. The first-order valence-electron chi connectivity index (χ1n) is 3.33. The van der Waals surface area contributed by atoms with Crippen molar-refractivity contribution in [2.75, 3.05) is 0 Å². The number of hydrogen-bond acceptors (Lipinski definition) is 2. The van der Waals surface area contributed by atoms with Crippen LogP contribution in [0, 0.1) is 13.8 Å². The van der Waals surface area contributed by atoms with Gasteiger partial charge < -0.3 is 12.2 Å². The highest BCUT2D eigenvalue weighted by molar-refractivity contribution is 8.49. The van der Waals surface area contributed by atoms with Gasteiger partial charge in [0.1, 0.15) is 17.1 Å². The summed E-state index contributed by atoms with van der Waals surface area (Å²) in [5.41, 5.74) is 2.47. The van der Waals surface area contributed by atoms with Gasteiger partial charge in [0.2, 0.25) is 0 Å². The molecule has 3 heteroatoms. The Morgan fingerprint density at radius 3 is 2.00 bits per heavy atom. The van der Waals surface area contributed by atoms with Crippen molar-refractivity contribution in [1.82, 2.24) is 0 Å². The molecule has 0 aliphatic rings. The Morgan fingerprint density at radius 1 is 1.27 bits per heavy atom. The summed E-state index contributed by atoms with van der Waals surface area (Å²) in [6.07, 6.45) is 0. The zero-order valence-electron chi connectivity index (χ0n) is 6.50. The smallest absolute Gasteiger partial charge is 0.145 e. The fourth-order valence-electron chi connectivity index (χ4n) is 1.09. The monoisotopic (exact) mass is 200 g/mol. The van der Waals surface area contributed by atoms with Crippen molar-refractivity contribution in [3.8, 4) is 0 Å². The minimum atomic E-state index is -0.771. The molecule has 1 atom stereocenters. The molecular formula is C8H9PS2. The fraction of sp³-hybridized carbons (Fsp3) is 0.250. The molecule has 1 aromatic carbocycles. The van der Waals surface area contributed by atoms with Gasteiger partial charge >= 0.3 is 0 Å². The Morgan fingerprint density at radius 2 is 1.73 bits per heavy atom. The number of rotatable bonds is 1. The van der Waals surface area contributed by atoms with E-state index < -0.39 is 5.90 Å². The molecule has 0 radical (unpaired) electrons. The third kappa shape index (κ3) is 2.02. The maximum atomic E-state index is 5.10. The first-order valence-corrected chi connectivity index (χ1v) is 6.70. The summed E-state index contributed by atoms with van der Waals surface area (Å²) in [6, 6.07) is 6.17. The second kappa shape index (κ2) is 3.66. The van der Waals surface area contributed by atoms with Crippen molar-refractivity contribution in [2.24, 2.45) is 0 Å². The first-order chi connectivity index (χ1) is 5.13. The van der Waals surface area contributed by atoms with Crippen LogP contribution in [0.15, 0.2) is 18.2 Å². The van der Waals surface area contributed by atoms with E-state index in [1.807, 2.05) is 6.07 Å². The van der Waals surface area contributed by atoms with Crippen LogP contribution in [-0.4, -0.2) is 0 Å². The van der Waals surface area contributed by atoms with Gasteiger partial charge in [-0.3, -0.25) is 0 Å². The quantitative estimate of drug-likeness (QED) is 0.504. The minimum Gasteiger partial charge on any atom is -0.472 e. The van der Waals surface area contributed by atoms with Crippen LogP contribution in [0.4, 0.5) is 0 Å². The Hall–Kier alpha value is 0.0900. The lowest BCUT2D eigenvalue weighted by molar-refractivity contribution is 1.44. The highest BCUT2D eigenvalue weighted by atomic mass is 32.9. The molecule has 58 valence electrons. The van der Waals surface area contributed by atoms with Crippen molar-refractivity contribution in [3.05, 3.63) is 29.3 Å². The molecule has 0 aliphatic carbocycles.